The summed E-state index contributed by atoms with van der Waals surface area (Å²) in [5.74, 6) is 0. The van der Waals surface area contributed by atoms with Crippen LogP contribution in [0.2, 0.25) is 0 Å². The molecular weight excluding hydrogens is 178 g/mol. The van der Waals surface area contributed by atoms with Crippen molar-refractivity contribution in [2.75, 3.05) is 40.3 Å². The second-order valence-corrected chi connectivity index (χ2v) is 2.93. The molecule has 0 heterocycles. The van der Waals surface area contributed by atoms with E-state index < -0.39 is 0 Å². The van der Waals surface area contributed by atoms with Crippen molar-refractivity contribution in [3.05, 3.63) is 0 Å². The van der Waals surface area contributed by atoms with Gasteiger partial charge in [-0.3, -0.25) is 0 Å². The zero-order valence-electron chi connectivity index (χ0n) is 9.82. The average Bonchev–Trinajstić information content (AvgIpc) is 2.12. The van der Waals surface area contributed by atoms with Crippen molar-refractivity contribution < 1.29 is 5.11 Å². The van der Waals surface area contributed by atoms with Gasteiger partial charge in [0.15, 0.2) is 0 Å². The first kappa shape index (κ1) is 15.8. The van der Waals surface area contributed by atoms with E-state index in [1.807, 2.05) is 6.92 Å². The van der Waals surface area contributed by atoms with E-state index in [0.29, 0.717) is 0 Å². The maximum Gasteiger partial charge on any atom is 0.0892 e. The van der Waals surface area contributed by atoms with E-state index in [4.69, 9.17) is 5.11 Å². The molecule has 0 unspecified atom stereocenters. The molecule has 0 aromatic heterocycles. The molecule has 0 amide bonds. The Morgan fingerprint density at radius 1 is 1.21 bits per heavy atom. The molecule has 1 N–H and O–H groups in total. The van der Waals surface area contributed by atoms with Crippen molar-refractivity contribution in [3.63, 3.8) is 0 Å². The fourth-order valence-electron chi connectivity index (χ4n) is 0.637. The van der Waals surface area contributed by atoms with Crippen LogP contribution in [0, 0.1) is 0 Å². The van der Waals surface area contributed by atoms with Crippen LogP contribution in [-0.2, 0) is 0 Å². The zero-order chi connectivity index (χ0) is 11.2. The Kier molecular flexibility index (Phi) is 16.7. The van der Waals surface area contributed by atoms with Gasteiger partial charge in [-0.1, -0.05) is 0 Å². The average molecular weight is 201 g/mol. The quantitative estimate of drug-likeness (QED) is 0.535. The number of aliphatic hydroxyl groups is 1. The number of aliphatic hydroxyl groups excluding tert-OH is 1. The maximum absolute atomic E-state index is 7.57. The number of hydrogen-bond donors (Lipinski definition) is 1. The summed E-state index contributed by atoms with van der Waals surface area (Å²) in [5, 5.41) is 7.57. The van der Waals surface area contributed by atoms with Crippen molar-refractivity contribution in [1.29, 1.82) is 0 Å². The topological polar surface area (TPSA) is 48.2 Å². The predicted octanol–water partition coefficient (Wildman–Crippen LogP) is 1.13. The third-order valence-corrected chi connectivity index (χ3v) is 1.17. The van der Waals surface area contributed by atoms with Crippen LogP contribution in [0.3, 0.4) is 0 Å². The van der Waals surface area contributed by atoms with Crippen molar-refractivity contribution in [1.82, 2.24) is 4.90 Å². The summed E-state index contributed by atoms with van der Waals surface area (Å²) in [5.41, 5.74) is 0. The predicted molar refractivity (Wildman–Crippen MR) is 61.2 cm³/mol. The van der Waals surface area contributed by atoms with Gasteiger partial charge in [-0.25, -0.2) is 9.98 Å². The smallest absolute Gasteiger partial charge is 0.0892 e. The molecule has 4 nitrogen and oxygen atoms in total. The summed E-state index contributed by atoms with van der Waals surface area (Å²) in [6.07, 6.45) is 1.08. The Morgan fingerprint density at radius 3 is 2.21 bits per heavy atom. The zero-order valence-corrected chi connectivity index (χ0v) is 9.82. The van der Waals surface area contributed by atoms with Gasteiger partial charge in [0.25, 0.3) is 0 Å². The van der Waals surface area contributed by atoms with Crippen LogP contribution in [0.4, 0.5) is 0 Å². The highest BCUT2D eigenvalue weighted by Gasteiger charge is 1.86. The van der Waals surface area contributed by atoms with Crippen LogP contribution in [-0.4, -0.2) is 56.4 Å². The summed E-state index contributed by atoms with van der Waals surface area (Å²) in [7, 11) is 4.12. The van der Waals surface area contributed by atoms with Crippen LogP contribution in [0.5, 0.6) is 0 Å². The minimum atomic E-state index is 0.250. The highest BCUT2D eigenvalue weighted by molar-refractivity contribution is 5.40. The van der Waals surface area contributed by atoms with E-state index >= 15 is 0 Å². The third-order valence-electron chi connectivity index (χ3n) is 1.17. The lowest BCUT2D eigenvalue weighted by Gasteiger charge is -2.05. The highest BCUT2D eigenvalue weighted by atomic mass is 16.2. The number of rotatable bonds is 5. The van der Waals surface area contributed by atoms with Gasteiger partial charge in [-0.05, 0) is 40.9 Å². The van der Waals surface area contributed by atoms with Gasteiger partial charge in [0.05, 0.1) is 12.6 Å². The van der Waals surface area contributed by atoms with Crippen molar-refractivity contribution in [2.24, 2.45) is 9.98 Å². The minimum Gasteiger partial charge on any atom is -0.397 e. The molecule has 0 aliphatic rings. The van der Waals surface area contributed by atoms with Crippen LogP contribution < -0.4 is 0 Å². The molecule has 14 heavy (non-hydrogen) atoms. The lowest BCUT2D eigenvalue weighted by molar-refractivity contribution is 0.318. The van der Waals surface area contributed by atoms with Crippen molar-refractivity contribution in [3.8, 4) is 0 Å². The number of aliphatic imine (C=N–C) groups is 2. The first-order valence-electron chi connectivity index (χ1n) is 5.02. The SMILES string of the molecule is CCN=C=NCCCN(C)C.CCO. The Morgan fingerprint density at radius 2 is 1.79 bits per heavy atom. The fraction of sp³-hybridized carbons (Fsp3) is 0.900. The Hall–Kier alpha value is -0.700. The fourth-order valence-corrected chi connectivity index (χ4v) is 0.637. The molecule has 84 valence electrons. The number of nitrogens with zero attached hydrogens (tertiary/aromatic N) is 3. The molecule has 0 spiro atoms. The van der Waals surface area contributed by atoms with E-state index in [1.165, 1.54) is 0 Å². The van der Waals surface area contributed by atoms with Gasteiger partial charge in [-0.15, -0.1) is 0 Å². The molecule has 0 radical (unpaired) electrons. The second kappa shape index (κ2) is 14.8. The van der Waals surface area contributed by atoms with Gasteiger partial charge < -0.3 is 10.0 Å². The molecule has 0 aliphatic carbocycles. The molecule has 0 fully saturated rings. The standard InChI is InChI=1S/C8H17N3.C2H6O/c1-4-9-8-10-6-5-7-11(2)3;1-2-3/h4-7H2,1-3H3;3H,2H2,1H3. The molecule has 0 saturated heterocycles. The molecule has 0 aliphatic heterocycles. The van der Waals surface area contributed by atoms with Crippen LogP contribution >= 0.6 is 0 Å². The molecule has 0 aromatic rings. The van der Waals surface area contributed by atoms with E-state index in [0.717, 1.165) is 26.1 Å². The summed E-state index contributed by atoms with van der Waals surface area (Å²) in [4.78, 5) is 9.99. The summed E-state index contributed by atoms with van der Waals surface area (Å²) < 4.78 is 0. The molecular formula is C10H23N3O. The second-order valence-electron chi connectivity index (χ2n) is 2.93. The minimum absolute atomic E-state index is 0.250. The van der Waals surface area contributed by atoms with E-state index in [2.05, 4.69) is 35.0 Å². The molecule has 0 bridgehead atoms. The summed E-state index contributed by atoms with van der Waals surface area (Å²) >= 11 is 0. The molecule has 0 rings (SSSR count). The van der Waals surface area contributed by atoms with Crippen molar-refractivity contribution in [2.45, 2.75) is 20.3 Å². The molecule has 4 heteroatoms. The number of hydrogen-bond acceptors (Lipinski definition) is 4. The van der Waals surface area contributed by atoms with Gasteiger partial charge in [0, 0.05) is 13.2 Å². The first-order chi connectivity index (χ1) is 6.68. The summed E-state index contributed by atoms with van der Waals surface area (Å²) in [6.45, 7) is 6.60. The highest BCUT2D eigenvalue weighted by Crippen LogP contribution is 1.82. The van der Waals surface area contributed by atoms with Crippen LogP contribution in [0.15, 0.2) is 9.98 Å². The van der Waals surface area contributed by atoms with Gasteiger partial charge in [0.1, 0.15) is 0 Å². The van der Waals surface area contributed by atoms with E-state index in [-0.39, 0.29) is 6.61 Å². The Balaban J connectivity index is 0. The summed E-state index contributed by atoms with van der Waals surface area (Å²) in [6, 6.07) is 2.64. The van der Waals surface area contributed by atoms with Crippen LogP contribution in [0.1, 0.15) is 20.3 Å². The molecule has 0 atom stereocenters. The van der Waals surface area contributed by atoms with Gasteiger partial charge in [0.2, 0.25) is 0 Å². The van der Waals surface area contributed by atoms with Gasteiger partial charge in [-0.2, -0.15) is 0 Å². The largest absolute Gasteiger partial charge is 0.397 e. The molecule has 0 aromatic carbocycles. The Labute approximate surface area is 87.4 Å². The lowest BCUT2D eigenvalue weighted by Crippen LogP contribution is -2.13. The monoisotopic (exact) mass is 201 g/mol. The van der Waals surface area contributed by atoms with E-state index in [9.17, 15) is 0 Å². The van der Waals surface area contributed by atoms with E-state index in [1.54, 1.807) is 6.92 Å². The normalized spacial score (nSPS) is 8.71. The molecule has 0 saturated carbocycles. The maximum atomic E-state index is 7.57. The third kappa shape index (κ3) is 22.5. The Bertz CT molecular complexity index is 151. The van der Waals surface area contributed by atoms with Crippen molar-refractivity contribution >= 4 is 6.01 Å². The lowest BCUT2D eigenvalue weighted by atomic mass is 10.4. The first-order valence-corrected chi connectivity index (χ1v) is 5.02. The van der Waals surface area contributed by atoms with Crippen LogP contribution in [0.25, 0.3) is 0 Å². The van der Waals surface area contributed by atoms with Gasteiger partial charge >= 0.3 is 0 Å².